The van der Waals surface area contributed by atoms with E-state index < -0.39 is 0 Å². The standard InChI is InChI=1S/C14H21ClN2O/c1-11-10-12(15)7-8-13(11)17-14(18)6-4-2-3-5-9-16/h7-8,10H,2-6,9,16H2,1H3,(H,17,18). The molecule has 1 amide bonds. The van der Waals surface area contributed by atoms with E-state index in [9.17, 15) is 4.79 Å². The number of benzene rings is 1. The van der Waals surface area contributed by atoms with Gasteiger partial charge in [-0.1, -0.05) is 24.4 Å². The fraction of sp³-hybridized carbons (Fsp3) is 0.500. The van der Waals surface area contributed by atoms with Gasteiger partial charge in [0.25, 0.3) is 0 Å². The number of halogens is 1. The van der Waals surface area contributed by atoms with Crippen molar-refractivity contribution in [3.8, 4) is 0 Å². The van der Waals surface area contributed by atoms with Crippen molar-refractivity contribution in [1.29, 1.82) is 0 Å². The molecule has 0 aliphatic heterocycles. The minimum Gasteiger partial charge on any atom is -0.330 e. The number of carbonyl (C=O) groups is 1. The van der Waals surface area contributed by atoms with Crippen LogP contribution in [0.3, 0.4) is 0 Å². The summed E-state index contributed by atoms with van der Waals surface area (Å²) >= 11 is 5.86. The highest BCUT2D eigenvalue weighted by atomic mass is 35.5. The quantitative estimate of drug-likeness (QED) is 0.744. The number of rotatable bonds is 7. The molecule has 0 saturated carbocycles. The van der Waals surface area contributed by atoms with Crippen LogP contribution in [0.25, 0.3) is 0 Å². The second kappa shape index (κ2) is 8.11. The van der Waals surface area contributed by atoms with Crippen molar-refractivity contribution in [3.63, 3.8) is 0 Å². The predicted molar refractivity (Wildman–Crippen MR) is 77.0 cm³/mol. The van der Waals surface area contributed by atoms with E-state index in [1.807, 2.05) is 19.1 Å². The monoisotopic (exact) mass is 268 g/mol. The molecule has 3 nitrogen and oxygen atoms in total. The van der Waals surface area contributed by atoms with Crippen LogP contribution in [0.2, 0.25) is 5.02 Å². The Hall–Kier alpha value is -1.06. The first-order chi connectivity index (χ1) is 8.63. The second-order valence-corrected chi connectivity index (χ2v) is 4.90. The molecule has 0 radical (unpaired) electrons. The molecule has 4 heteroatoms. The minimum atomic E-state index is 0.0631. The van der Waals surface area contributed by atoms with Crippen LogP contribution in [0.15, 0.2) is 18.2 Å². The summed E-state index contributed by atoms with van der Waals surface area (Å²) in [5.41, 5.74) is 7.24. The third-order valence-corrected chi connectivity index (χ3v) is 3.06. The summed E-state index contributed by atoms with van der Waals surface area (Å²) in [6.07, 6.45) is 4.68. The van der Waals surface area contributed by atoms with E-state index in [1.54, 1.807) is 6.07 Å². The SMILES string of the molecule is Cc1cc(Cl)ccc1NC(=O)CCCCCCN. The predicted octanol–water partition coefficient (Wildman–Crippen LogP) is 3.50. The molecular weight excluding hydrogens is 248 g/mol. The lowest BCUT2D eigenvalue weighted by atomic mass is 10.1. The van der Waals surface area contributed by atoms with Crippen LogP contribution < -0.4 is 11.1 Å². The molecule has 1 aromatic carbocycles. The highest BCUT2D eigenvalue weighted by Gasteiger charge is 2.04. The average Bonchev–Trinajstić information content (AvgIpc) is 2.32. The fourth-order valence-corrected chi connectivity index (χ4v) is 1.99. The molecule has 0 spiro atoms. The molecule has 1 aromatic rings. The van der Waals surface area contributed by atoms with Crippen LogP contribution in [0.1, 0.15) is 37.7 Å². The summed E-state index contributed by atoms with van der Waals surface area (Å²) in [4.78, 5) is 11.7. The van der Waals surface area contributed by atoms with E-state index in [0.717, 1.165) is 43.5 Å². The van der Waals surface area contributed by atoms with Gasteiger partial charge < -0.3 is 11.1 Å². The van der Waals surface area contributed by atoms with E-state index in [0.29, 0.717) is 11.4 Å². The second-order valence-electron chi connectivity index (χ2n) is 4.46. The molecule has 0 heterocycles. The molecule has 0 aliphatic rings. The number of anilines is 1. The van der Waals surface area contributed by atoms with E-state index >= 15 is 0 Å². The van der Waals surface area contributed by atoms with E-state index in [1.165, 1.54) is 0 Å². The number of hydrogen-bond donors (Lipinski definition) is 2. The Kier molecular flexibility index (Phi) is 6.76. The molecule has 0 saturated heterocycles. The number of amides is 1. The number of nitrogens with one attached hydrogen (secondary N) is 1. The zero-order valence-electron chi connectivity index (χ0n) is 10.8. The van der Waals surface area contributed by atoms with Crippen LogP contribution in [-0.2, 0) is 4.79 Å². The van der Waals surface area contributed by atoms with Gasteiger partial charge in [-0.2, -0.15) is 0 Å². The lowest BCUT2D eigenvalue weighted by molar-refractivity contribution is -0.116. The van der Waals surface area contributed by atoms with Crippen molar-refractivity contribution in [1.82, 2.24) is 0 Å². The smallest absolute Gasteiger partial charge is 0.224 e. The van der Waals surface area contributed by atoms with Gasteiger partial charge in [-0.05, 0) is 50.1 Å². The van der Waals surface area contributed by atoms with Crippen LogP contribution in [0.4, 0.5) is 5.69 Å². The number of aryl methyl sites for hydroxylation is 1. The Morgan fingerprint density at radius 2 is 2.00 bits per heavy atom. The largest absolute Gasteiger partial charge is 0.330 e. The zero-order chi connectivity index (χ0) is 13.4. The Morgan fingerprint density at radius 1 is 1.28 bits per heavy atom. The molecule has 1 rings (SSSR count). The van der Waals surface area contributed by atoms with E-state index in [4.69, 9.17) is 17.3 Å². The molecule has 0 bridgehead atoms. The molecular formula is C14H21ClN2O. The maximum absolute atomic E-state index is 11.7. The number of hydrogen-bond acceptors (Lipinski definition) is 2. The Bertz CT molecular complexity index is 393. The van der Waals surface area contributed by atoms with Crippen molar-refractivity contribution in [3.05, 3.63) is 28.8 Å². The number of carbonyl (C=O) groups excluding carboxylic acids is 1. The highest BCUT2D eigenvalue weighted by Crippen LogP contribution is 2.19. The van der Waals surface area contributed by atoms with Crippen LogP contribution >= 0.6 is 11.6 Å². The van der Waals surface area contributed by atoms with Gasteiger partial charge in [-0.3, -0.25) is 4.79 Å². The summed E-state index contributed by atoms with van der Waals surface area (Å²) in [6, 6.07) is 5.47. The van der Waals surface area contributed by atoms with Crippen molar-refractivity contribution in [2.75, 3.05) is 11.9 Å². The summed E-state index contributed by atoms with van der Waals surface area (Å²) in [6.45, 7) is 2.67. The summed E-state index contributed by atoms with van der Waals surface area (Å²) in [5.74, 6) is 0.0631. The lowest BCUT2D eigenvalue weighted by Crippen LogP contribution is -2.12. The first kappa shape index (κ1) is 15.0. The third-order valence-electron chi connectivity index (χ3n) is 2.82. The summed E-state index contributed by atoms with van der Waals surface area (Å²) in [7, 11) is 0. The fourth-order valence-electron chi connectivity index (χ4n) is 1.76. The Morgan fingerprint density at radius 3 is 2.67 bits per heavy atom. The van der Waals surface area contributed by atoms with Gasteiger partial charge in [-0.15, -0.1) is 0 Å². The van der Waals surface area contributed by atoms with Crippen molar-refractivity contribution >= 4 is 23.2 Å². The topological polar surface area (TPSA) is 55.1 Å². The number of nitrogens with two attached hydrogens (primary N) is 1. The lowest BCUT2D eigenvalue weighted by Gasteiger charge is -2.08. The van der Waals surface area contributed by atoms with Crippen LogP contribution in [-0.4, -0.2) is 12.5 Å². The summed E-state index contributed by atoms with van der Waals surface area (Å²) < 4.78 is 0. The van der Waals surface area contributed by atoms with Gasteiger partial charge in [0.1, 0.15) is 0 Å². The molecule has 0 atom stereocenters. The average molecular weight is 269 g/mol. The molecule has 100 valence electrons. The van der Waals surface area contributed by atoms with Gasteiger partial charge in [0.05, 0.1) is 0 Å². The first-order valence-electron chi connectivity index (χ1n) is 6.39. The van der Waals surface area contributed by atoms with Crippen molar-refractivity contribution in [2.45, 2.75) is 39.0 Å². The molecule has 3 N–H and O–H groups in total. The van der Waals surface area contributed by atoms with Crippen LogP contribution in [0, 0.1) is 6.92 Å². The highest BCUT2D eigenvalue weighted by molar-refractivity contribution is 6.30. The first-order valence-corrected chi connectivity index (χ1v) is 6.77. The molecule has 0 aliphatic carbocycles. The van der Waals surface area contributed by atoms with Crippen molar-refractivity contribution < 1.29 is 4.79 Å². The minimum absolute atomic E-state index is 0.0631. The van der Waals surface area contributed by atoms with E-state index in [-0.39, 0.29) is 5.91 Å². The normalized spacial score (nSPS) is 10.4. The van der Waals surface area contributed by atoms with Crippen LogP contribution in [0.5, 0.6) is 0 Å². The van der Waals surface area contributed by atoms with Gasteiger partial charge in [0, 0.05) is 17.1 Å². The zero-order valence-corrected chi connectivity index (χ0v) is 11.6. The Labute approximate surface area is 114 Å². The van der Waals surface area contributed by atoms with Gasteiger partial charge in [0.2, 0.25) is 5.91 Å². The third kappa shape index (κ3) is 5.52. The number of unbranched alkanes of at least 4 members (excludes halogenated alkanes) is 3. The Balaban J connectivity index is 2.31. The maximum Gasteiger partial charge on any atom is 0.224 e. The molecule has 0 aromatic heterocycles. The molecule has 18 heavy (non-hydrogen) atoms. The van der Waals surface area contributed by atoms with Gasteiger partial charge >= 0.3 is 0 Å². The maximum atomic E-state index is 11.7. The van der Waals surface area contributed by atoms with Gasteiger partial charge in [0.15, 0.2) is 0 Å². The summed E-state index contributed by atoms with van der Waals surface area (Å²) in [5, 5.41) is 3.59. The van der Waals surface area contributed by atoms with Crippen molar-refractivity contribution in [2.24, 2.45) is 5.73 Å². The molecule has 0 fully saturated rings. The van der Waals surface area contributed by atoms with E-state index in [2.05, 4.69) is 5.32 Å². The van der Waals surface area contributed by atoms with Gasteiger partial charge in [-0.25, -0.2) is 0 Å². The molecule has 0 unspecified atom stereocenters.